The van der Waals surface area contributed by atoms with Crippen LogP contribution in [0.3, 0.4) is 0 Å². The SMILES string of the molecule is CCCc1nnc(SCC(=O)O)n1C1CCS(=O)(=O)CC1. The van der Waals surface area contributed by atoms with Crippen molar-refractivity contribution in [2.24, 2.45) is 0 Å². The summed E-state index contributed by atoms with van der Waals surface area (Å²) in [5.41, 5.74) is 0. The highest BCUT2D eigenvalue weighted by Gasteiger charge is 2.28. The zero-order valence-corrected chi connectivity index (χ0v) is 13.5. The molecule has 2 rings (SSSR count). The Kier molecular flexibility index (Phi) is 5.26. The maximum atomic E-state index is 11.6. The number of rotatable bonds is 6. The number of carboxylic acids is 1. The molecule has 0 saturated carbocycles. The minimum Gasteiger partial charge on any atom is -0.481 e. The molecule has 7 nitrogen and oxygen atoms in total. The lowest BCUT2D eigenvalue weighted by Gasteiger charge is -2.25. The molecule has 0 aliphatic carbocycles. The second kappa shape index (κ2) is 6.78. The molecule has 9 heteroatoms. The summed E-state index contributed by atoms with van der Waals surface area (Å²) >= 11 is 1.14. The van der Waals surface area contributed by atoms with Gasteiger partial charge < -0.3 is 9.67 Å². The molecule has 1 aliphatic rings. The number of aromatic nitrogens is 3. The Morgan fingerprint density at radius 1 is 1.38 bits per heavy atom. The average Bonchev–Trinajstić information content (AvgIpc) is 2.80. The van der Waals surface area contributed by atoms with Crippen molar-refractivity contribution >= 4 is 27.6 Å². The lowest BCUT2D eigenvalue weighted by atomic mass is 10.1. The third-order valence-electron chi connectivity index (χ3n) is 3.42. The van der Waals surface area contributed by atoms with Crippen molar-refractivity contribution in [2.75, 3.05) is 17.3 Å². The molecule has 1 aliphatic heterocycles. The molecular formula is C12H19N3O4S2. The van der Waals surface area contributed by atoms with E-state index in [0.29, 0.717) is 18.0 Å². The molecule has 0 atom stereocenters. The standard InChI is InChI=1S/C12H19N3O4S2/c1-2-3-10-13-14-12(20-8-11(16)17)15(10)9-4-6-21(18,19)7-5-9/h9H,2-8H2,1H3,(H,16,17). The highest BCUT2D eigenvalue weighted by molar-refractivity contribution is 7.99. The molecule has 1 saturated heterocycles. The van der Waals surface area contributed by atoms with Gasteiger partial charge in [-0.25, -0.2) is 8.42 Å². The number of hydrogen-bond donors (Lipinski definition) is 1. The number of aliphatic carboxylic acids is 1. The monoisotopic (exact) mass is 333 g/mol. The Hall–Kier alpha value is -1.09. The predicted octanol–water partition coefficient (Wildman–Crippen LogP) is 1.16. The molecular weight excluding hydrogens is 314 g/mol. The molecule has 0 unspecified atom stereocenters. The number of thioether (sulfide) groups is 1. The van der Waals surface area contributed by atoms with Crippen LogP contribution in [0.1, 0.15) is 38.1 Å². The van der Waals surface area contributed by atoms with Gasteiger partial charge in [0, 0.05) is 12.5 Å². The smallest absolute Gasteiger partial charge is 0.313 e. The molecule has 0 aromatic carbocycles. The number of carbonyl (C=O) groups is 1. The first-order valence-electron chi connectivity index (χ1n) is 6.91. The van der Waals surface area contributed by atoms with Crippen molar-refractivity contribution in [2.45, 2.75) is 43.8 Å². The number of nitrogens with zero attached hydrogens (tertiary/aromatic N) is 3. The van der Waals surface area contributed by atoms with Gasteiger partial charge in [0.25, 0.3) is 0 Å². The van der Waals surface area contributed by atoms with Gasteiger partial charge in [0.2, 0.25) is 0 Å². The van der Waals surface area contributed by atoms with Gasteiger partial charge in [0.15, 0.2) is 5.16 Å². The van der Waals surface area contributed by atoms with Gasteiger partial charge in [0.1, 0.15) is 15.7 Å². The Labute approximate surface area is 128 Å². The van der Waals surface area contributed by atoms with E-state index in [4.69, 9.17) is 5.11 Å². The fraction of sp³-hybridized carbons (Fsp3) is 0.750. The third kappa shape index (κ3) is 4.19. The number of carboxylic acid groups (broad SMARTS) is 1. The first-order chi connectivity index (χ1) is 9.93. The van der Waals surface area contributed by atoms with Crippen LogP contribution in [-0.2, 0) is 21.1 Å². The molecule has 0 radical (unpaired) electrons. The zero-order valence-electron chi connectivity index (χ0n) is 11.9. The minimum absolute atomic E-state index is 0.0429. The van der Waals surface area contributed by atoms with Crippen LogP contribution in [0, 0.1) is 0 Å². The third-order valence-corrected chi connectivity index (χ3v) is 6.07. The summed E-state index contributed by atoms with van der Waals surface area (Å²) in [6.07, 6.45) is 2.74. The number of sulfone groups is 1. The Morgan fingerprint density at radius 2 is 2.05 bits per heavy atom. The molecule has 0 amide bonds. The highest BCUT2D eigenvalue weighted by atomic mass is 32.2. The van der Waals surface area contributed by atoms with E-state index in [0.717, 1.165) is 30.4 Å². The van der Waals surface area contributed by atoms with E-state index in [2.05, 4.69) is 10.2 Å². The summed E-state index contributed by atoms with van der Waals surface area (Å²) < 4.78 is 25.1. The highest BCUT2D eigenvalue weighted by Crippen LogP contribution is 2.30. The van der Waals surface area contributed by atoms with E-state index in [1.807, 2.05) is 11.5 Å². The van der Waals surface area contributed by atoms with Crippen molar-refractivity contribution in [3.63, 3.8) is 0 Å². The maximum absolute atomic E-state index is 11.6. The van der Waals surface area contributed by atoms with Gasteiger partial charge in [0.05, 0.1) is 17.3 Å². The van der Waals surface area contributed by atoms with Crippen LogP contribution in [-0.4, -0.2) is 51.5 Å². The Morgan fingerprint density at radius 3 is 2.62 bits per heavy atom. The summed E-state index contributed by atoms with van der Waals surface area (Å²) in [6.45, 7) is 2.04. The lowest BCUT2D eigenvalue weighted by Crippen LogP contribution is -2.27. The summed E-state index contributed by atoms with van der Waals surface area (Å²) in [5.74, 6) is 0.178. The van der Waals surface area contributed by atoms with Crippen LogP contribution in [0.25, 0.3) is 0 Å². The molecule has 1 aromatic heterocycles. The zero-order chi connectivity index (χ0) is 15.5. The number of aryl methyl sites for hydroxylation is 1. The van der Waals surface area contributed by atoms with Crippen LogP contribution < -0.4 is 0 Å². The van der Waals surface area contributed by atoms with E-state index in [1.54, 1.807) is 0 Å². The van der Waals surface area contributed by atoms with Gasteiger partial charge in [-0.15, -0.1) is 10.2 Å². The van der Waals surface area contributed by atoms with Crippen LogP contribution in [0.2, 0.25) is 0 Å². The molecule has 0 bridgehead atoms. The normalized spacial score (nSPS) is 18.7. The molecule has 1 N–H and O–H groups in total. The molecule has 0 spiro atoms. The summed E-state index contributed by atoms with van der Waals surface area (Å²) in [4.78, 5) is 10.7. The largest absolute Gasteiger partial charge is 0.481 e. The molecule has 1 fully saturated rings. The van der Waals surface area contributed by atoms with Crippen molar-refractivity contribution in [3.05, 3.63) is 5.82 Å². The number of hydrogen-bond acceptors (Lipinski definition) is 6. The Balaban J connectivity index is 2.22. The first-order valence-corrected chi connectivity index (χ1v) is 9.72. The molecule has 118 valence electrons. The fourth-order valence-electron chi connectivity index (χ4n) is 2.43. The first kappa shape index (κ1) is 16.3. The van der Waals surface area contributed by atoms with Crippen molar-refractivity contribution in [3.8, 4) is 0 Å². The quantitative estimate of drug-likeness (QED) is 0.779. The van der Waals surface area contributed by atoms with Crippen LogP contribution in [0.15, 0.2) is 5.16 Å². The minimum atomic E-state index is -2.93. The topological polar surface area (TPSA) is 102 Å². The van der Waals surface area contributed by atoms with E-state index in [9.17, 15) is 13.2 Å². The van der Waals surface area contributed by atoms with Crippen LogP contribution in [0.5, 0.6) is 0 Å². The van der Waals surface area contributed by atoms with E-state index >= 15 is 0 Å². The van der Waals surface area contributed by atoms with Gasteiger partial charge >= 0.3 is 5.97 Å². The summed E-state index contributed by atoms with van der Waals surface area (Å²) in [5, 5.41) is 17.6. The average molecular weight is 333 g/mol. The van der Waals surface area contributed by atoms with Crippen molar-refractivity contribution < 1.29 is 18.3 Å². The van der Waals surface area contributed by atoms with E-state index in [-0.39, 0.29) is 23.3 Å². The van der Waals surface area contributed by atoms with E-state index < -0.39 is 15.8 Å². The van der Waals surface area contributed by atoms with E-state index in [1.165, 1.54) is 0 Å². The van der Waals surface area contributed by atoms with Gasteiger partial charge in [-0.1, -0.05) is 18.7 Å². The van der Waals surface area contributed by atoms with Crippen molar-refractivity contribution in [1.29, 1.82) is 0 Å². The van der Waals surface area contributed by atoms with Crippen molar-refractivity contribution in [1.82, 2.24) is 14.8 Å². The van der Waals surface area contributed by atoms with Gasteiger partial charge in [-0.2, -0.15) is 0 Å². The van der Waals surface area contributed by atoms with Crippen LogP contribution in [0.4, 0.5) is 0 Å². The summed E-state index contributed by atoms with van der Waals surface area (Å²) in [6, 6.07) is 0.0429. The molecule has 1 aromatic rings. The molecule has 21 heavy (non-hydrogen) atoms. The lowest BCUT2D eigenvalue weighted by molar-refractivity contribution is -0.133. The summed E-state index contributed by atoms with van der Waals surface area (Å²) in [7, 11) is -2.93. The van der Waals surface area contributed by atoms with Gasteiger partial charge in [-0.05, 0) is 19.3 Å². The van der Waals surface area contributed by atoms with Gasteiger partial charge in [-0.3, -0.25) is 4.79 Å². The predicted molar refractivity (Wildman–Crippen MR) is 79.3 cm³/mol. The molecule has 2 heterocycles. The van der Waals surface area contributed by atoms with Crippen LogP contribution >= 0.6 is 11.8 Å². The Bertz CT molecular complexity index is 598. The maximum Gasteiger partial charge on any atom is 0.313 e. The second-order valence-electron chi connectivity index (χ2n) is 5.08. The second-order valence-corrected chi connectivity index (χ2v) is 8.33. The fourth-order valence-corrected chi connectivity index (χ4v) is 4.64.